The average molecular weight is 289 g/mol. The molecular formula is C12H19NO5S. The van der Waals surface area contributed by atoms with E-state index in [9.17, 15) is 14.4 Å². The zero-order valence-corrected chi connectivity index (χ0v) is 12.1. The largest absolute Gasteiger partial charge is 0.480 e. The minimum absolute atomic E-state index is 0.0503. The lowest BCUT2D eigenvalue weighted by Crippen LogP contribution is -2.43. The van der Waals surface area contributed by atoms with Gasteiger partial charge >= 0.3 is 5.97 Å². The van der Waals surface area contributed by atoms with Crippen LogP contribution in [0.4, 0.5) is 0 Å². The van der Waals surface area contributed by atoms with Gasteiger partial charge in [-0.2, -0.15) is 0 Å². The first-order valence-corrected chi connectivity index (χ1v) is 7.04. The summed E-state index contributed by atoms with van der Waals surface area (Å²) in [7, 11) is 1.51. The van der Waals surface area contributed by atoms with Gasteiger partial charge in [-0.05, 0) is 0 Å². The van der Waals surface area contributed by atoms with E-state index in [0.717, 1.165) is 11.8 Å². The molecule has 0 spiro atoms. The van der Waals surface area contributed by atoms with Crippen LogP contribution in [0.2, 0.25) is 0 Å². The van der Waals surface area contributed by atoms with E-state index in [1.807, 2.05) is 0 Å². The van der Waals surface area contributed by atoms with Gasteiger partial charge in [-0.15, -0.1) is 0 Å². The molecule has 0 saturated carbocycles. The van der Waals surface area contributed by atoms with Gasteiger partial charge in [0, 0.05) is 38.7 Å². The van der Waals surface area contributed by atoms with Crippen molar-refractivity contribution in [2.24, 2.45) is 5.92 Å². The smallest absolute Gasteiger partial charge is 0.326 e. The second kappa shape index (κ2) is 6.91. The molecule has 19 heavy (non-hydrogen) atoms. The number of methoxy groups -OCH3 is 1. The van der Waals surface area contributed by atoms with Gasteiger partial charge in [-0.25, -0.2) is 4.79 Å². The summed E-state index contributed by atoms with van der Waals surface area (Å²) in [6.45, 7) is 3.44. The van der Waals surface area contributed by atoms with Gasteiger partial charge in [0.1, 0.15) is 6.04 Å². The molecule has 1 fully saturated rings. The molecule has 1 aliphatic heterocycles. The molecule has 0 aliphatic carbocycles. The van der Waals surface area contributed by atoms with Crippen LogP contribution >= 0.6 is 11.8 Å². The van der Waals surface area contributed by atoms with E-state index < -0.39 is 12.0 Å². The number of thioether (sulfide) groups is 1. The van der Waals surface area contributed by atoms with Crippen molar-refractivity contribution in [3.05, 3.63) is 0 Å². The number of carbonyl (C=O) groups excluding carboxylic acids is 2. The summed E-state index contributed by atoms with van der Waals surface area (Å²) in [4.78, 5) is 35.6. The lowest BCUT2D eigenvalue weighted by atomic mass is 10.1. The van der Waals surface area contributed by atoms with Crippen molar-refractivity contribution in [1.82, 2.24) is 4.90 Å². The molecule has 0 bridgehead atoms. The van der Waals surface area contributed by atoms with Crippen LogP contribution in [0.25, 0.3) is 0 Å². The molecule has 7 heteroatoms. The van der Waals surface area contributed by atoms with Crippen molar-refractivity contribution in [3.8, 4) is 0 Å². The van der Waals surface area contributed by atoms with Crippen molar-refractivity contribution < 1.29 is 24.2 Å². The first-order chi connectivity index (χ1) is 8.86. The van der Waals surface area contributed by atoms with Crippen LogP contribution < -0.4 is 0 Å². The zero-order valence-electron chi connectivity index (χ0n) is 11.3. The molecule has 1 aliphatic rings. The Labute approximate surface area is 116 Å². The second-order valence-electron chi connectivity index (χ2n) is 4.64. The maximum atomic E-state index is 12.2. The lowest BCUT2D eigenvalue weighted by Gasteiger charge is -2.24. The predicted molar refractivity (Wildman–Crippen MR) is 70.9 cm³/mol. The number of hydrogen-bond acceptors (Lipinski definition) is 5. The Kier molecular flexibility index (Phi) is 5.81. The third-order valence-electron chi connectivity index (χ3n) is 3.12. The Morgan fingerprint density at radius 3 is 2.58 bits per heavy atom. The van der Waals surface area contributed by atoms with E-state index in [0.29, 0.717) is 18.7 Å². The van der Waals surface area contributed by atoms with Gasteiger partial charge in [0.25, 0.3) is 0 Å². The summed E-state index contributed by atoms with van der Waals surface area (Å²) >= 11 is 1.08. The monoisotopic (exact) mass is 289 g/mol. The molecule has 1 N–H and O–H groups in total. The number of aliphatic carboxylic acids is 1. The number of likely N-dealkylation sites (tertiary alicyclic amines) is 1. The number of ether oxygens (including phenoxy) is 1. The molecule has 0 aromatic carbocycles. The topological polar surface area (TPSA) is 83.9 Å². The summed E-state index contributed by atoms with van der Waals surface area (Å²) in [6.07, 6.45) is 0.0714. The zero-order chi connectivity index (χ0) is 14.6. The molecule has 2 unspecified atom stereocenters. The van der Waals surface area contributed by atoms with Crippen LogP contribution in [0.15, 0.2) is 0 Å². The Morgan fingerprint density at radius 1 is 1.47 bits per heavy atom. The Hall–Kier alpha value is -1.08. The number of carboxylic acids is 1. The Morgan fingerprint density at radius 2 is 2.11 bits per heavy atom. The summed E-state index contributed by atoms with van der Waals surface area (Å²) in [5.41, 5.74) is 0. The molecule has 1 amide bonds. The number of carboxylic acid groups (broad SMARTS) is 1. The molecule has 108 valence electrons. The van der Waals surface area contributed by atoms with Crippen molar-refractivity contribution in [2.75, 3.05) is 19.4 Å². The minimum atomic E-state index is -1.01. The van der Waals surface area contributed by atoms with Gasteiger partial charge in [-0.3, -0.25) is 9.59 Å². The van der Waals surface area contributed by atoms with E-state index in [-0.39, 0.29) is 23.0 Å². The molecule has 0 aromatic rings. The molecule has 1 rings (SSSR count). The quantitative estimate of drug-likeness (QED) is 0.798. The van der Waals surface area contributed by atoms with Crippen LogP contribution in [0.1, 0.15) is 20.3 Å². The van der Waals surface area contributed by atoms with Crippen molar-refractivity contribution in [2.45, 2.75) is 32.4 Å². The van der Waals surface area contributed by atoms with Crippen LogP contribution in [0.3, 0.4) is 0 Å². The molecular weight excluding hydrogens is 270 g/mol. The highest BCUT2D eigenvalue weighted by atomic mass is 32.2. The number of amides is 1. The van der Waals surface area contributed by atoms with E-state index in [2.05, 4.69) is 0 Å². The summed E-state index contributed by atoms with van der Waals surface area (Å²) in [5, 5.41) is 9.09. The van der Waals surface area contributed by atoms with Gasteiger partial charge in [0.15, 0.2) is 5.12 Å². The van der Waals surface area contributed by atoms with Gasteiger partial charge < -0.3 is 14.7 Å². The lowest BCUT2D eigenvalue weighted by molar-refractivity contribution is -0.149. The van der Waals surface area contributed by atoms with E-state index in [4.69, 9.17) is 9.84 Å². The van der Waals surface area contributed by atoms with Gasteiger partial charge in [-0.1, -0.05) is 18.7 Å². The molecule has 0 aromatic heterocycles. The fourth-order valence-corrected chi connectivity index (χ4v) is 2.67. The first kappa shape index (κ1) is 16.0. The fraction of sp³-hybridized carbons (Fsp3) is 0.750. The highest BCUT2D eigenvalue weighted by Gasteiger charge is 2.40. The molecule has 3 atom stereocenters. The standard InChI is InChI=1S/C12H19NO5S/c1-7(6-19-8(2)14)11(15)13-5-9(18-3)4-10(13)12(16)17/h7,9-10H,4-6H2,1-3H3,(H,16,17)/t7?,9?,10-/m0/s1. The van der Waals surface area contributed by atoms with E-state index in [1.54, 1.807) is 6.92 Å². The number of hydrogen-bond donors (Lipinski definition) is 1. The van der Waals surface area contributed by atoms with Gasteiger partial charge in [0.05, 0.1) is 6.10 Å². The normalized spacial score (nSPS) is 24.3. The summed E-state index contributed by atoms with van der Waals surface area (Å²) < 4.78 is 5.13. The number of nitrogens with zero attached hydrogens (tertiary/aromatic N) is 1. The van der Waals surface area contributed by atoms with Gasteiger partial charge in [0.2, 0.25) is 5.91 Å². The predicted octanol–water partition coefficient (Wildman–Crippen LogP) is 0.603. The fourth-order valence-electron chi connectivity index (χ4n) is 2.04. The van der Waals surface area contributed by atoms with Crippen molar-refractivity contribution in [3.63, 3.8) is 0 Å². The summed E-state index contributed by atoms with van der Waals surface area (Å²) in [6, 6.07) is -0.831. The molecule has 6 nitrogen and oxygen atoms in total. The van der Waals surface area contributed by atoms with E-state index in [1.165, 1.54) is 18.9 Å². The second-order valence-corrected chi connectivity index (χ2v) is 5.84. The van der Waals surface area contributed by atoms with Crippen LogP contribution in [-0.2, 0) is 19.1 Å². The molecule has 1 heterocycles. The molecule has 0 radical (unpaired) electrons. The Balaban J connectivity index is 2.67. The van der Waals surface area contributed by atoms with Crippen LogP contribution in [-0.4, -0.2) is 58.6 Å². The SMILES string of the molecule is COC1C[C@@H](C(=O)O)N(C(=O)C(C)CSC(C)=O)C1. The molecule has 1 saturated heterocycles. The number of rotatable bonds is 5. The van der Waals surface area contributed by atoms with Crippen LogP contribution in [0.5, 0.6) is 0 Å². The minimum Gasteiger partial charge on any atom is -0.480 e. The van der Waals surface area contributed by atoms with Crippen molar-refractivity contribution >= 4 is 28.8 Å². The van der Waals surface area contributed by atoms with Crippen LogP contribution in [0, 0.1) is 5.92 Å². The Bertz CT molecular complexity index is 373. The average Bonchev–Trinajstić information content (AvgIpc) is 2.79. The highest BCUT2D eigenvalue weighted by Crippen LogP contribution is 2.23. The third-order valence-corrected chi connectivity index (χ3v) is 4.20. The number of carbonyl (C=O) groups is 3. The first-order valence-electron chi connectivity index (χ1n) is 6.06. The van der Waals surface area contributed by atoms with Crippen molar-refractivity contribution in [1.29, 1.82) is 0 Å². The van der Waals surface area contributed by atoms with E-state index >= 15 is 0 Å². The maximum absolute atomic E-state index is 12.2. The summed E-state index contributed by atoms with van der Waals surface area (Å²) in [5.74, 6) is -1.26. The highest BCUT2D eigenvalue weighted by molar-refractivity contribution is 8.13. The maximum Gasteiger partial charge on any atom is 0.326 e. The third kappa shape index (κ3) is 4.21.